The quantitative estimate of drug-likeness (QED) is 0.794. The molecule has 2 aromatic rings. The highest BCUT2D eigenvalue weighted by Crippen LogP contribution is 2.20. The lowest BCUT2D eigenvalue weighted by Crippen LogP contribution is -2.02. The van der Waals surface area contributed by atoms with Crippen molar-refractivity contribution in [1.29, 1.82) is 0 Å². The molecular formula is C15H16FNO3. The Morgan fingerprint density at radius 1 is 1.15 bits per heavy atom. The molecule has 2 rings (SSSR count). The molecule has 1 aromatic heterocycles. The first-order valence-electron chi connectivity index (χ1n) is 6.28. The second kappa shape index (κ2) is 6.98. The number of hydrogen-bond acceptors (Lipinski definition) is 4. The van der Waals surface area contributed by atoms with Gasteiger partial charge in [-0.15, -0.1) is 0 Å². The van der Waals surface area contributed by atoms with E-state index in [9.17, 15) is 14.6 Å². The molecule has 0 fully saturated rings. The molecule has 0 aliphatic carbocycles. The van der Waals surface area contributed by atoms with Gasteiger partial charge in [-0.1, -0.05) is 12.1 Å². The van der Waals surface area contributed by atoms with Gasteiger partial charge in [0.25, 0.3) is 0 Å². The van der Waals surface area contributed by atoms with E-state index in [-0.39, 0.29) is 24.8 Å². The van der Waals surface area contributed by atoms with Crippen LogP contribution in [0.2, 0.25) is 0 Å². The van der Waals surface area contributed by atoms with Crippen LogP contribution in [0.15, 0.2) is 36.7 Å². The number of aliphatic hydroxyl groups excluding tert-OH is 1. The van der Waals surface area contributed by atoms with Crippen LogP contribution in [0, 0.1) is 5.82 Å². The van der Waals surface area contributed by atoms with E-state index in [1.165, 1.54) is 18.3 Å². The summed E-state index contributed by atoms with van der Waals surface area (Å²) in [6.45, 7) is 0.468. The van der Waals surface area contributed by atoms with Crippen LogP contribution in [0.25, 0.3) is 0 Å². The van der Waals surface area contributed by atoms with Crippen LogP contribution in [0.3, 0.4) is 0 Å². The van der Waals surface area contributed by atoms with Gasteiger partial charge in [0.1, 0.15) is 11.6 Å². The van der Waals surface area contributed by atoms with E-state index in [4.69, 9.17) is 4.74 Å². The normalized spacial score (nSPS) is 10.7. The molecule has 0 unspecified atom stereocenters. The second-order valence-corrected chi connectivity index (χ2v) is 4.38. The van der Waals surface area contributed by atoms with Gasteiger partial charge in [-0.25, -0.2) is 4.39 Å². The molecule has 0 aliphatic rings. The van der Waals surface area contributed by atoms with E-state index in [1.54, 1.807) is 18.3 Å². The van der Waals surface area contributed by atoms with E-state index in [0.717, 1.165) is 5.56 Å². The van der Waals surface area contributed by atoms with E-state index in [2.05, 4.69) is 4.98 Å². The van der Waals surface area contributed by atoms with Gasteiger partial charge in [0.2, 0.25) is 0 Å². The van der Waals surface area contributed by atoms with Crippen LogP contribution in [0.5, 0.6) is 5.75 Å². The van der Waals surface area contributed by atoms with Gasteiger partial charge in [0.05, 0.1) is 26.0 Å². The van der Waals surface area contributed by atoms with Gasteiger partial charge in [-0.05, 0) is 24.1 Å². The minimum absolute atomic E-state index is 0.0351. The number of aromatic nitrogens is 1. The molecule has 4 nitrogen and oxygen atoms in total. The number of nitrogens with zero attached hydrogens (tertiary/aromatic N) is 1. The van der Waals surface area contributed by atoms with Gasteiger partial charge < -0.3 is 14.9 Å². The van der Waals surface area contributed by atoms with Crippen molar-refractivity contribution in [2.75, 3.05) is 6.61 Å². The van der Waals surface area contributed by atoms with Crippen molar-refractivity contribution in [3.8, 4) is 5.75 Å². The number of rotatable bonds is 6. The van der Waals surface area contributed by atoms with Gasteiger partial charge in [0, 0.05) is 17.3 Å². The Bertz CT molecular complexity index is 558. The standard InChI is InChI=1S/C15H16FNO3/c16-13-3-1-11(2-4-13)5-6-20-10-12-7-17-8-15(19)14(12)9-18/h1-4,7-8,18-19H,5-6,9-10H2. The fourth-order valence-electron chi connectivity index (χ4n) is 1.85. The maximum absolute atomic E-state index is 12.7. The molecule has 20 heavy (non-hydrogen) atoms. The first-order chi connectivity index (χ1) is 9.70. The summed E-state index contributed by atoms with van der Waals surface area (Å²) < 4.78 is 18.2. The average Bonchev–Trinajstić information content (AvgIpc) is 2.45. The van der Waals surface area contributed by atoms with Crippen LogP contribution in [-0.4, -0.2) is 21.8 Å². The molecule has 0 amide bonds. The Labute approximate surface area is 116 Å². The molecule has 0 spiro atoms. The van der Waals surface area contributed by atoms with Crippen LogP contribution in [-0.2, 0) is 24.4 Å². The SMILES string of the molecule is OCc1c(O)cncc1COCCc1ccc(F)cc1. The number of hydrogen-bond donors (Lipinski definition) is 2. The highest BCUT2D eigenvalue weighted by Gasteiger charge is 2.07. The summed E-state index contributed by atoms with van der Waals surface area (Å²) in [6, 6.07) is 6.26. The smallest absolute Gasteiger partial charge is 0.139 e. The summed E-state index contributed by atoms with van der Waals surface area (Å²) in [5.41, 5.74) is 2.08. The van der Waals surface area contributed by atoms with E-state index >= 15 is 0 Å². The van der Waals surface area contributed by atoms with Crippen molar-refractivity contribution >= 4 is 0 Å². The zero-order valence-electron chi connectivity index (χ0n) is 10.9. The third-order valence-corrected chi connectivity index (χ3v) is 2.99. The summed E-state index contributed by atoms with van der Waals surface area (Å²) in [5.74, 6) is -0.291. The molecule has 1 aromatic carbocycles. The van der Waals surface area contributed by atoms with Crippen molar-refractivity contribution < 1.29 is 19.3 Å². The predicted molar refractivity (Wildman–Crippen MR) is 71.6 cm³/mol. The fourth-order valence-corrected chi connectivity index (χ4v) is 1.85. The number of halogens is 1. The number of ether oxygens (including phenoxy) is 1. The van der Waals surface area contributed by atoms with Gasteiger partial charge >= 0.3 is 0 Å². The molecule has 0 saturated carbocycles. The molecular weight excluding hydrogens is 261 g/mol. The number of aliphatic hydroxyl groups is 1. The zero-order valence-corrected chi connectivity index (χ0v) is 10.9. The average molecular weight is 277 g/mol. The maximum atomic E-state index is 12.7. The molecule has 0 saturated heterocycles. The van der Waals surface area contributed by atoms with Crippen molar-refractivity contribution in [2.24, 2.45) is 0 Å². The Kier molecular flexibility index (Phi) is 5.03. The van der Waals surface area contributed by atoms with E-state index in [0.29, 0.717) is 24.2 Å². The first kappa shape index (κ1) is 14.4. The summed E-state index contributed by atoms with van der Waals surface area (Å²) in [7, 11) is 0. The molecule has 5 heteroatoms. The van der Waals surface area contributed by atoms with Crippen molar-refractivity contribution in [1.82, 2.24) is 4.98 Å². The molecule has 0 radical (unpaired) electrons. The largest absolute Gasteiger partial charge is 0.506 e. The minimum atomic E-state index is -0.259. The molecule has 2 N–H and O–H groups in total. The van der Waals surface area contributed by atoms with Gasteiger partial charge in [-0.3, -0.25) is 4.98 Å². The first-order valence-corrected chi connectivity index (χ1v) is 6.28. The second-order valence-electron chi connectivity index (χ2n) is 4.38. The lowest BCUT2D eigenvalue weighted by atomic mass is 10.1. The summed E-state index contributed by atoms with van der Waals surface area (Å²) in [6.07, 6.45) is 3.51. The van der Waals surface area contributed by atoms with Gasteiger partial charge in [0.15, 0.2) is 0 Å². The number of benzene rings is 1. The van der Waals surface area contributed by atoms with Crippen molar-refractivity contribution in [3.05, 3.63) is 59.2 Å². The maximum Gasteiger partial charge on any atom is 0.139 e. The van der Waals surface area contributed by atoms with Crippen molar-refractivity contribution in [2.45, 2.75) is 19.6 Å². The van der Waals surface area contributed by atoms with Crippen LogP contribution < -0.4 is 0 Å². The molecule has 0 aliphatic heterocycles. The Morgan fingerprint density at radius 3 is 2.60 bits per heavy atom. The van der Waals surface area contributed by atoms with E-state index in [1.807, 2.05) is 0 Å². The van der Waals surface area contributed by atoms with Crippen LogP contribution in [0.1, 0.15) is 16.7 Å². The number of pyridine rings is 1. The third kappa shape index (κ3) is 3.76. The van der Waals surface area contributed by atoms with Gasteiger partial charge in [-0.2, -0.15) is 0 Å². The highest BCUT2D eigenvalue weighted by molar-refractivity contribution is 5.34. The molecule has 0 atom stereocenters. The lowest BCUT2D eigenvalue weighted by Gasteiger charge is -2.09. The predicted octanol–water partition coefficient (Wildman–Crippen LogP) is 2.18. The highest BCUT2D eigenvalue weighted by atomic mass is 19.1. The lowest BCUT2D eigenvalue weighted by molar-refractivity contribution is 0.121. The topological polar surface area (TPSA) is 62.6 Å². The summed E-state index contributed by atoms with van der Waals surface area (Å²) in [5, 5.41) is 18.7. The fraction of sp³-hybridized carbons (Fsp3) is 0.267. The summed E-state index contributed by atoms with van der Waals surface area (Å²) >= 11 is 0. The number of aromatic hydroxyl groups is 1. The van der Waals surface area contributed by atoms with Crippen LogP contribution in [0.4, 0.5) is 4.39 Å². The Morgan fingerprint density at radius 2 is 1.90 bits per heavy atom. The molecule has 106 valence electrons. The minimum Gasteiger partial charge on any atom is -0.506 e. The Balaban J connectivity index is 1.84. The van der Waals surface area contributed by atoms with E-state index < -0.39 is 0 Å². The molecule has 1 heterocycles. The Hall–Kier alpha value is -1.98. The zero-order chi connectivity index (χ0) is 14.4. The molecule has 0 bridgehead atoms. The third-order valence-electron chi connectivity index (χ3n) is 2.99. The summed E-state index contributed by atoms with van der Waals surface area (Å²) in [4.78, 5) is 3.86. The van der Waals surface area contributed by atoms with Crippen molar-refractivity contribution in [3.63, 3.8) is 0 Å². The monoisotopic (exact) mass is 277 g/mol. The van der Waals surface area contributed by atoms with Crippen LogP contribution >= 0.6 is 0 Å².